The molecule has 0 radical (unpaired) electrons. The highest BCUT2D eigenvalue weighted by atomic mass is 19.1. The Kier molecular flexibility index (Phi) is 5.30. The van der Waals surface area contributed by atoms with Crippen molar-refractivity contribution < 1.29 is 23.5 Å². The molecule has 0 unspecified atom stereocenters. The van der Waals surface area contributed by atoms with Crippen LogP contribution in [0.3, 0.4) is 0 Å². The van der Waals surface area contributed by atoms with Crippen molar-refractivity contribution in [2.45, 2.75) is 45.1 Å². The van der Waals surface area contributed by atoms with Gasteiger partial charge in [0.2, 0.25) is 0 Å². The van der Waals surface area contributed by atoms with Gasteiger partial charge in [-0.3, -0.25) is 4.79 Å². The highest BCUT2D eigenvalue weighted by Crippen LogP contribution is 2.47. The number of hydrogen-bond donors (Lipinski definition) is 1. The van der Waals surface area contributed by atoms with Crippen LogP contribution >= 0.6 is 0 Å². The molecule has 2 bridgehead atoms. The fourth-order valence-electron chi connectivity index (χ4n) is 5.38. The molecule has 0 spiro atoms. The number of benzene rings is 1. The van der Waals surface area contributed by atoms with Crippen molar-refractivity contribution in [3.63, 3.8) is 0 Å². The van der Waals surface area contributed by atoms with E-state index in [0.717, 1.165) is 38.4 Å². The lowest BCUT2D eigenvalue weighted by atomic mass is 9.77. The van der Waals surface area contributed by atoms with Crippen LogP contribution in [0.15, 0.2) is 12.1 Å². The molecule has 3 aliphatic carbocycles. The summed E-state index contributed by atoms with van der Waals surface area (Å²) in [4.78, 5) is 24.5. The van der Waals surface area contributed by atoms with Crippen molar-refractivity contribution in [1.29, 1.82) is 0 Å². The Morgan fingerprint density at radius 2 is 1.96 bits per heavy atom. The molecule has 1 aromatic rings. The summed E-state index contributed by atoms with van der Waals surface area (Å²) in [6.07, 6.45) is 6.23. The van der Waals surface area contributed by atoms with Crippen molar-refractivity contribution in [3.05, 3.63) is 23.5 Å². The first kappa shape index (κ1) is 19.2. The molecule has 0 heterocycles. The highest BCUT2D eigenvalue weighted by molar-refractivity contribution is 5.97. The number of ether oxygens (including phenoxy) is 2. The van der Waals surface area contributed by atoms with E-state index in [2.05, 4.69) is 12.2 Å². The third-order valence-electron chi connectivity index (χ3n) is 6.88. The Labute approximate surface area is 165 Å². The van der Waals surface area contributed by atoms with E-state index in [1.807, 2.05) is 0 Å². The second kappa shape index (κ2) is 7.72. The number of carbonyl (C=O) groups is 2. The SMILES string of the molecule is COc1cc(F)c(OCC2CC(C)C2)cc1C(=O)N[C@@H]1[C@@H]2CC[C@@H](C2)[C@@H]1C=O. The van der Waals surface area contributed by atoms with Gasteiger partial charge in [-0.25, -0.2) is 4.39 Å². The van der Waals surface area contributed by atoms with Gasteiger partial charge in [0.1, 0.15) is 12.0 Å². The van der Waals surface area contributed by atoms with Crippen LogP contribution in [0.1, 0.15) is 49.4 Å². The molecular formula is C22H28FNO4. The lowest BCUT2D eigenvalue weighted by Gasteiger charge is -2.32. The molecule has 3 fully saturated rings. The van der Waals surface area contributed by atoms with E-state index in [9.17, 15) is 14.0 Å². The first-order chi connectivity index (χ1) is 13.5. The number of nitrogens with one attached hydrogen (secondary N) is 1. The number of aldehydes is 1. The van der Waals surface area contributed by atoms with E-state index >= 15 is 0 Å². The Bertz CT molecular complexity index is 761. The molecule has 152 valence electrons. The van der Waals surface area contributed by atoms with Gasteiger partial charge >= 0.3 is 0 Å². The molecule has 1 N–H and O–H groups in total. The second-order valence-electron chi connectivity index (χ2n) is 8.78. The smallest absolute Gasteiger partial charge is 0.255 e. The van der Waals surface area contributed by atoms with Gasteiger partial charge in [-0.05, 0) is 61.8 Å². The number of fused-ring (bicyclic) bond motifs is 2. The minimum atomic E-state index is -0.536. The number of hydrogen-bond acceptors (Lipinski definition) is 4. The summed E-state index contributed by atoms with van der Waals surface area (Å²) in [7, 11) is 1.41. The first-order valence-corrected chi connectivity index (χ1v) is 10.3. The molecule has 4 atom stereocenters. The fourth-order valence-corrected chi connectivity index (χ4v) is 5.38. The summed E-state index contributed by atoms with van der Waals surface area (Å²) < 4.78 is 25.3. The summed E-state index contributed by atoms with van der Waals surface area (Å²) in [5, 5.41) is 3.01. The standard InChI is InChI=1S/C22H28FNO4/c1-12-5-13(6-12)11-28-20-8-16(19(27-2)9-18(20)23)22(26)24-21-15-4-3-14(7-15)17(21)10-25/h8-10,12-15,17,21H,3-7,11H2,1-2H3,(H,24,26)/t12?,13?,14-,15+,17-,21+/m0/s1. The number of amides is 1. The van der Waals surface area contributed by atoms with Crippen molar-refractivity contribution in [2.24, 2.45) is 29.6 Å². The Hall–Kier alpha value is -2.11. The molecule has 0 saturated heterocycles. The van der Waals surface area contributed by atoms with Gasteiger partial charge in [-0.15, -0.1) is 0 Å². The van der Waals surface area contributed by atoms with Crippen LogP contribution in [0.25, 0.3) is 0 Å². The number of methoxy groups -OCH3 is 1. The average molecular weight is 389 g/mol. The van der Waals surface area contributed by atoms with Crippen molar-refractivity contribution in [1.82, 2.24) is 5.32 Å². The van der Waals surface area contributed by atoms with Crippen LogP contribution < -0.4 is 14.8 Å². The molecule has 4 rings (SSSR count). The lowest BCUT2D eigenvalue weighted by Crippen LogP contribution is -2.44. The van der Waals surface area contributed by atoms with Gasteiger partial charge in [0.05, 0.1) is 19.3 Å². The average Bonchev–Trinajstić information content (AvgIpc) is 3.26. The van der Waals surface area contributed by atoms with Crippen molar-refractivity contribution >= 4 is 12.2 Å². The maximum atomic E-state index is 14.4. The van der Waals surface area contributed by atoms with Crippen LogP contribution in [0.5, 0.6) is 11.5 Å². The maximum Gasteiger partial charge on any atom is 0.255 e. The van der Waals surface area contributed by atoms with Crippen LogP contribution in [0.4, 0.5) is 4.39 Å². The zero-order chi connectivity index (χ0) is 19.8. The van der Waals surface area contributed by atoms with Gasteiger partial charge in [0.25, 0.3) is 5.91 Å². The van der Waals surface area contributed by atoms with Gasteiger partial charge in [0.15, 0.2) is 11.6 Å². The third-order valence-corrected chi connectivity index (χ3v) is 6.88. The quantitative estimate of drug-likeness (QED) is 0.724. The monoisotopic (exact) mass is 389 g/mol. The van der Waals surface area contributed by atoms with Gasteiger partial charge in [-0.2, -0.15) is 0 Å². The van der Waals surface area contributed by atoms with E-state index in [4.69, 9.17) is 9.47 Å². The molecule has 1 aromatic carbocycles. The molecule has 6 heteroatoms. The molecule has 0 aromatic heterocycles. The van der Waals surface area contributed by atoms with Crippen molar-refractivity contribution in [3.8, 4) is 11.5 Å². The summed E-state index contributed by atoms with van der Waals surface area (Å²) >= 11 is 0. The molecule has 5 nitrogen and oxygen atoms in total. The molecule has 3 saturated carbocycles. The van der Waals surface area contributed by atoms with Gasteiger partial charge in [0, 0.05) is 18.0 Å². The van der Waals surface area contributed by atoms with E-state index in [0.29, 0.717) is 30.3 Å². The van der Waals surface area contributed by atoms with E-state index in [-0.39, 0.29) is 34.9 Å². The highest BCUT2D eigenvalue weighted by Gasteiger charge is 2.48. The maximum absolute atomic E-state index is 14.4. The van der Waals surface area contributed by atoms with Crippen molar-refractivity contribution in [2.75, 3.05) is 13.7 Å². The predicted molar refractivity (Wildman–Crippen MR) is 102 cm³/mol. The molecule has 1 amide bonds. The zero-order valence-corrected chi connectivity index (χ0v) is 16.4. The predicted octanol–water partition coefficient (Wildman–Crippen LogP) is 3.60. The normalized spacial score (nSPS) is 33.2. The summed E-state index contributed by atoms with van der Waals surface area (Å²) in [5.74, 6) is 1.08. The largest absolute Gasteiger partial charge is 0.496 e. The van der Waals surface area contributed by atoms with Crippen LogP contribution in [0, 0.1) is 35.4 Å². The van der Waals surface area contributed by atoms with E-state index in [1.165, 1.54) is 19.2 Å². The second-order valence-corrected chi connectivity index (χ2v) is 8.78. The van der Waals surface area contributed by atoms with E-state index < -0.39 is 5.82 Å². The topological polar surface area (TPSA) is 64.6 Å². The van der Waals surface area contributed by atoms with E-state index in [1.54, 1.807) is 0 Å². The summed E-state index contributed by atoms with van der Waals surface area (Å²) in [6, 6.07) is 2.47. The molecule has 0 aliphatic heterocycles. The fraction of sp³-hybridized carbons (Fsp3) is 0.636. The third kappa shape index (κ3) is 3.49. The summed E-state index contributed by atoms with van der Waals surface area (Å²) in [5.41, 5.74) is 0.244. The van der Waals surface area contributed by atoms with Crippen LogP contribution in [-0.4, -0.2) is 32.0 Å². The summed E-state index contributed by atoms with van der Waals surface area (Å²) in [6.45, 7) is 2.64. The lowest BCUT2D eigenvalue weighted by molar-refractivity contribution is -0.113. The molecule has 3 aliphatic rings. The minimum Gasteiger partial charge on any atom is -0.496 e. The Morgan fingerprint density at radius 3 is 2.64 bits per heavy atom. The first-order valence-electron chi connectivity index (χ1n) is 10.3. The Morgan fingerprint density at radius 1 is 1.21 bits per heavy atom. The number of halogens is 1. The van der Waals surface area contributed by atoms with Crippen LogP contribution in [-0.2, 0) is 4.79 Å². The number of rotatable bonds is 7. The zero-order valence-electron chi connectivity index (χ0n) is 16.4. The van der Waals surface area contributed by atoms with Gasteiger partial charge < -0.3 is 19.6 Å². The number of carbonyl (C=O) groups excluding carboxylic acids is 2. The molecule has 28 heavy (non-hydrogen) atoms. The Balaban J connectivity index is 1.49. The van der Waals surface area contributed by atoms with Gasteiger partial charge in [-0.1, -0.05) is 6.92 Å². The molecular weight excluding hydrogens is 361 g/mol. The minimum absolute atomic E-state index is 0.0744. The van der Waals surface area contributed by atoms with Crippen LogP contribution in [0.2, 0.25) is 0 Å².